The maximum Gasteiger partial charge on any atom is 0.328 e. The molecular formula is C27H25ClN4O4. The van der Waals surface area contributed by atoms with Gasteiger partial charge in [-0.05, 0) is 67.4 Å². The van der Waals surface area contributed by atoms with Gasteiger partial charge in [-0.15, -0.1) is 0 Å². The van der Waals surface area contributed by atoms with Gasteiger partial charge in [-0.2, -0.15) is 0 Å². The Kier molecular flexibility index (Phi) is 7.87. The van der Waals surface area contributed by atoms with Crippen molar-refractivity contribution in [1.29, 1.82) is 0 Å². The normalized spacial score (nSPS) is 10.6. The largest absolute Gasteiger partial charge is 0.494 e. The van der Waals surface area contributed by atoms with Crippen molar-refractivity contribution in [2.45, 2.75) is 13.3 Å². The molecule has 8 nitrogen and oxygen atoms in total. The molecule has 0 bridgehead atoms. The fourth-order valence-electron chi connectivity index (χ4n) is 3.67. The van der Waals surface area contributed by atoms with E-state index in [2.05, 4.69) is 16.1 Å². The van der Waals surface area contributed by atoms with Crippen LogP contribution < -0.4 is 20.8 Å². The molecule has 0 fully saturated rings. The fraction of sp³-hybridized carbons (Fsp3) is 0.148. The molecule has 0 aliphatic rings. The summed E-state index contributed by atoms with van der Waals surface area (Å²) >= 11 is 6.12. The first-order valence-corrected chi connectivity index (χ1v) is 11.8. The summed E-state index contributed by atoms with van der Waals surface area (Å²) in [4.78, 5) is 38.2. The first-order valence-electron chi connectivity index (χ1n) is 11.4. The third kappa shape index (κ3) is 6.03. The minimum Gasteiger partial charge on any atom is -0.494 e. The minimum absolute atomic E-state index is 0.131. The lowest BCUT2D eigenvalue weighted by molar-refractivity contribution is -0.136. The maximum absolute atomic E-state index is 13.1. The lowest BCUT2D eigenvalue weighted by atomic mass is 10.1. The van der Waals surface area contributed by atoms with Gasteiger partial charge in [-0.25, -0.2) is 4.68 Å². The molecule has 1 heterocycles. The molecule has 0 spiro atoms. The molecule has 0 unspecified atom stereocenters. The summed E-state index contributed by atoms with van der Waals surface area (Å²) in [5.41, 5.74) is 4.77. The summed E-state index contributed by atoms with van der Waals surface area (Å²) in [5.74, 6) is -1.49. The zero-order chi connectivity index (χ0) is 25.5. The van der Waals surface area contributed by atoms with E-state index in [1.54, 1.807) is 48.5 Å². The van der Waals surface area contributed by atoms with Crippen molar-refractivity contribution in [3.63, 3.8) is 0 Å². The van der Waals surface area contributed by atoms with Crippen molar-refractivity contribution in [3.05, 3.63) is 95.1 Å². The zero-order valence-corrected chi connectivity index (χ0v) is 20.3. The third-order valence-corrected chi connectivity index (χ3v) is 5.62. The van der Waals surface area contributed by atoms with E-state index >= 15 is 0 Å². The number of hydrogen-bond acceptors (Lipinski definition) is 4. The average Bonchev–Trinajstić information content (AvgIpc) is 3.23. The Balaban J connectivity index is 1.50. The van der Waals surface area contributed by atoms with Gasteiger partial charge in [-0.1, -0.05) is 41.9 Å². The molecule has 36 heavy (non-hydrogen) atoms. The predicted molar refractivity (Wildman–Crippen MR) is 140 cm³/mol. The highest BCUT2D eigenvalue weighted by atomic mass is 35.5. The number of fused-ring (bicyclic) bond motifs is 1. The molecule has 0 aliphatic carbocycles. The average molecular weight is 505 g/mol. The Bertz CT molecular complexity index is 1380. The fourth-order valence-corrected chi connectivity index (χ4v) is 3.85. The van der Waals surface area contributed by atoms with Crippen LogP contribution in [0.4, 0.5) is 5.69 Å². The topological polar surface area (TPSA) is 101 Å². The molecule has 3 N–H and O–H groups in total. The monoisotopic (exact) mass is 504 g/mol. The van der Waals surface area contributed by atoms with E-state index in [1.165, 1.54) is 4.68 Å². The Labute approximate surface area is 213 Å². The third-order valence-electron chi connectivity index (χ3n) is 5.38. The van der Waals surface area contributed by atoms with Gasteiger partial charge < -0.3 is 15.4 Å². The molecule has 0 radical (unpaired) electrons. The molecule has 1 aromatic heterocycles. The smallest absolute Gasteiger partial charge is 0.328 e. The van der Waals surface area contributed by atoms with Crippen LogP contribution in [0.1, 0.15) is 23.0 Å². The number of amides is 3. The second-order valence-electron chi connectivity index (χ2n) is 7.91. The first kappa shape index (κ1) is 24.8. The summed E-state index contributed by atoms with van der Waals surface area (Å²) in [6.07, 6.45) is 0.584. The summed E-state index contributed by atoms with van der Waals surface area (Å²) < 4.78 is 6.71. The first-order chi connectivity index (χ1) is 17.4. The summed E-state index contributed by atoms with van der Waals surface area (Å²) in [6, 6.07) is 23.1. The van der Waals surface area contributed by atoms with Gasteiger partial charge in [0, 0.05) is 22.6 Å². The van der Waals surface area contributed by atoms with Gasteiger partial charge in [-0.3, -0.25) is 19.8 Å². The minimum atomic E-state index is -0.898. The zero-order valence-electron chi connectivity index (χ0n) is 19.6. The molecule has 4 rings (SSSR count). The van der Waals surface area contributed by atoms with Crippen molar-refractivity contribution in [3.8, 4) is 5.75 Å². The summed E-state index contributed by atoms with van der Waals surface area (Å²) in [7, 11) is 0. The number of aromatic nitrogens is 1. The standard InChI is InChI=1S/C27H25ClN4O4/c1-2-36-22-11-9-21(10-12-22)30-25(33)24-17-19-16-20(28)8-13-23(19)32(24)31-27(35)26(34)29-15-14-18-6-4-3-5-7-18/h3-13,16-17H,2,14-15H2,1H3,(H,29,34)(H,30,33)(H,31,35). The van der Waals surface area contributed by atoms with Crippen molar-refractivity contribution >= 4 is 45.9 Å². The van der Waals surface area contributed by atoms with Crippen molar-refractivity contribution in [2.75, 3.05) is 23.9 Å². The van der Waals surface area contributed by atoms with Gasteiger partial charge in [0.15, 0.2) is 0 Å². The van der Waals surface area contributed by atoms with Crippen LogP contribution in [0.3, 0.4) is 0 Å². The van der Waals surface area contributed by atoms with Gasteiger partial charge in [0.2, 0.25) is 0 Å². The van der Waals surface area contributed by atoms with Gasteiger partial charge in [0.05, 0.1) is 12.1 Å². The molecular weight excluding hydrogens is 480 g/mol. The number of anilines is 1. The van der Waals surface area contributed by atoms with Crippen LogP contribution in [-0.4, -0.2) is 35.5 Å². The molecule has 9 heteroatoms. The number of hydrogen-bond donors (Lipinski definition) is 3. The predicted octanol–water partition coefficient (Wildman–Crippen LogP) is 4.37. The number of carbonyl (C=O) groups is 3. The molecule has 3 amide bonds. The quantitative estimate of drug-likeness (QED) is 0.310. The van der Waals surface area contributed by atoms with Gasteiger partial charge in [0.1, 0.15) is 11.4 Å². The summed E-state index contributed by atoms with van der Waals surface area (Å²) in [6.45, 7) is 2.72. The van der Waals surface area contributed by atoms with Gasteiger partial charge in [0.25, 0.3) is 5.91 Å². The van der Waals surface area contributed by atoms with Crippen LogP contribution in [0.15, 0.2) is 78.9 Å². The molecule has 0 atom stereocenters. The van der Waals surface area contributed by atoms with Crippen molar-refractivity contribution in [1.82, 2.24) is 9.99 Å². The number of nitrogens with one attached hydrogen (secondary N) is 3. The van der Waals surface area contributed by atoms with Crippen molar-refractivity contribution in [2.24, 2.45) is 0 Å². The second kappa shape index (κ2) is 11.4. The van der Waals surface area contributed by atoms with Crippen LogP contribution in [0.2, 0.25) is 5.02 Å². The number of halogens is 1. The Morgan fingerprint density at radius 1 is 0.917 bits per heavy atom. The lowest BCUT2D eigenvalue weighted by Crippen LogP contribution is -2.40. The SMILES string of the molecule is CCOc1ccc(NC(=O)c2cc3cc(Cl)ccc3n2NC(=O)C(=O)NCCc2ccccc2)cc1. The second-order valence-corrected chi connectivity index (χ2v) is 8.35. The molecule has 0 saturated heterocycles. The van der Waals surface area contributed by atoms with E-state index in [4.69, 9.17) is 16.3 Å². The highest BCUT2D eigenvalue weighted by Crippen LogP contribution is 2.24. The van der Waals surface area contributed by atoms with Crippen LogP contribution >= 0.6 is 11.6 Å². The van der Waals surface area contributed by atoms with Gasteiger partial charge >= 0.3 is 11.8 Å². The highest BCUT2D eigenvalue weighted by molar-refractivity contribution is 6.38. The Hall–Kier alpha value is -4.30. The number of ether oxygens (including phenoxy) is 1. The van der Waals surface area contributed by atoms with E-state index in [9.17, 15) is 14.4 Å². The molecule has 0 aliphatic heterocycles. The Morgan fingerprint density at radius 2 is 1.67 bits per heavy atom. The molecule has 0 saturated carbocycles. The highest BCUT2D eigenvalue weighted by Gasteiger charge is 2.21. The van der Waals surface area contributed by atoms with E-state index in [0.717, 1.165) is 5.56 Å². The molecule has 3 aromatic carbocycles. The van der Waals surface area contributed by atoms with Crippen LogP contribution in [-0.2, 0) is 16.0 Å². The number of benzene rings is 3. The Morgan fingerprint density at radius 3 is 2.39 bits per heavy atom. The summed E-state index contributed by atoms with van der Waals surface area (Å²) in [5, 5.41) is 6.51. The van der Waals surface area contributed by atoms with Crippen LogP contribution in [0.25, 0.3) is 10.9 Å². The van der Waals surface area contributed by atoms with Crippen LogP contribution in [0, 0.1) is 0 Å². The number of carbonyl (C=O) groups excluding carboxylic acids is 3. The van der Waals surface area contributed by atoms with E-state index in [1.807, 2.05) is 37.3 Å². The van der Waals surface area contributed by atoms with Crippen LogP contribution in [0.5, 0.6) is 5.75 Å². The maximum atomic E-state index is 13.1. The lowest BCUT2D eigenvalue weighted by Gasteiger charge is -2.13. The van der Waals surface area contributed by atoms with E-state index < -0.39 is 17.7 Å². The molecule has 184 valence electrons. The van der Waals surface area contributed by atoms with Crippen molar-refractivity contribution < 1.29 is 19.1 Å². The number of nitrogens with zero attached hydrogens (tertiary/aromatic N) is 1. The van der Waals surface area contributed by atoms with E-state index in [-0.39, 0.29) is 5.69 Å². The number of rotatable bonds is 8. The van der Waals surface area contributed by atoms with E-state index in [0.29, 0.717) is 46.9 Å². The molecule has 4 aromatic rings.